The Morgan fingerprint density at radius 3 is 2.76 bits per heavy atom. The summed E-state index contributed by atoms with van der Waals surface area (Å²) in [4.78, 5) is 43.3. The number of esters is 1. The van der Waals surface area contributed by atoms with Gasteiger partial charge in [-0.1, -0.05) is 6.07 Å². The van der Waals surface area contributed by atoms with Crippen LogP contribution in [0.1, 0.15) is 46.6 Å². The van der Waals surface area contributed by atoms with E-state index in [1.54, 1.807) is 13.8 Å². The Labute approximate surface area is 201 Å². The van der Waals surface area contributed by atoms with Crippen molar-refractivity contribution in [1.82, 2.24) is 29.2 Å². The highest BCUT2D eigenvalue weighted by atomic mass is 32.1. The van der Waals surface area contributed by atoms with E-state index >= 15 is 0 Å². The summed E-state index contributed by atoms with van der Waals surface area (Å²) in [7, 11) is 0. The third-order valence-electron chi connectivity index (χ3n) is 6.43. The van der Waals surface area contributed by atoms with E-state index in [-0.39, 0.29) is 11.6 Å². The largest absolute Gasteiger partial charge is 0.462 e. The maximum Gasteiger partial charge on any atom is 0.348 e. The molecule has 1 N–H and O–H groups in total. The lowest BCUT2D eigenvalue weighted by Gasteiger charge is -2.37. The molecule has 0 spiro atoms. The molecular formula is C24H28N6O3S. The summed E-state index contributed by atoms with van der Waals surface area (Å²) in [5.41, 5.74) is 2.45. The Morgan fingerprint density at radius 1 is 1.24 bits per heavy atom. The van der Waals surface area contributed by atoms with Crippen LogP contribution in [-0.4, -0.2) is 67.9 Å². The van der Waals surface area contributed by atoms with Crippen LogP contribution in [0.4, 0.5) is 0 Å². The van der Waals surface area contributed by atoms with E-state index in [1.165, 1.54) is 11.3 Å². The molecule has 1 aliphatic heterocycles. The molecule has 34 heavy (non-hydrogen) atoms. The van der Waals surface area contributed by atoms with Gasteiger partial charge in [-0.3, -0.25) is 14.6 Å². The Morgan fingerprint density at radius 2 is 2.03 bits per heavy atom. The van der Waals surface area contributed by atoms with Crippen LogP contribution >= 0.6 is 11.3 Å². The lowest BCUT2D eigenvalue weighted by molar-refractivity contribution is 0.0531. The van der Waals surface area contributed by atoms with Crippen molar-refractivity contribution in [2.75, 3.05) is 32.8 Å². The first kappa shape index (κ1) is 22.7. The minimum absolute atomic E-state index is 0.0390. The third-order valence-corrected chi connectivity index (χ3v) is 7.60. The normalized spacial score (nSPS) is 16.3. The van der Waals surface area contributed by atoms with E-state index in [2.05, 4.69) is 27.9 Å². The Kier molecular flexibility index (Phi) is 6.20. The van der Waals surface area contributed by atoms with Crippen molar-refractivity contribution < 1.29 is 9.53 Å². The number of thiophene rings is 1. The lowest BCUT2D eigenvalue weighted by Crippen LogP contribution is -2.47. The van der Waals surface area contributed by atoms with Gasteiger partial charge in [0.25, 0.3) is 5.56 Å². The molecule has 1 saturated heterocycles. The summed E-state index contributed by atoms with van der Waals surface area (Å²) in [5.74, 6) is 0.224. The molecule has 0 bridgehead atoms. The van der Waals surface area contributed by atoms with Gasteiger partial charge in [-0.2, -0.15) is 0 Å². The zero-order chi connectivity index (χ0) is 23.8. The number of carbonyl (C=O) groups is 1. The van der Waals surface area contributed by atoms with E-state index < -0.39 is 5.97 Å². The number of hydrogen-bond acceptors (Lipinski definition) is 8. The third kappa shape index (κ3) is 4.24. The second-order valence-corrected chi connectivity index (χ2v) is 9.59. The fourth-order valence-electron chi connectivity index (χ4n) is 4.52. The molecule has 0 unspecified atom stereocenters. The minimum atomic E-state index is -0.404. The predicted octanol–water partition coefficient (Wildman–Crippen LogP) is 3.00. The molecule has 0 radical (unpaired) electrons. The van der Waals surface area contributed by atoms with Crippen LogP contribution in [-0.2, 0) is 11.3 Å². The molecule has 5 heterocycles. The number of ether oxygens (including phenoxy) is 1. The van der Waals surface area contributed by atoms with Crippen LogP contribution in [0.5, 0.6) is 0 Å². The van der Waals surface area contributed by atoms with Crippen molar-refractivity contribution in [3.8, 4) is 0 Å². The molecule has 10 heteroatoms. The zero-order valence-corrected chi connectivity index (χ0v) is 20.4. The fraction of sp³-hybridized carbons (Fsp3) is 0.417. The number of nitrogens with zero attached hydrogens (tertiary/aromatic N) is 5. The van der Waals surface area contributed by atoms with Gasteiger partial charge in [0.05, 0.1) is 23.7 Å². The highest BCUT2D eigenvalue weighted by molar-refractivity contribution is 7.20. The number of hydrogen-bond donors (Lipinski definition) is 1. The second-order valence-electron chi connectivity index (χ2n) is 8.59. The van der Waals surface area contributed by atoms with Crippen molar-refractivity contribution in [3.63, 3.8) is 0 Å². The van der Waals surface area contributed by atoms with Gasteiger partial charge in [0.1, 0.15) is 21.2 Å². The smallest absolute Gasteiger partial charge is 0.348 e. The van der Waals surface area contributed by atoms with Crippen LogP contribution in [0.25, 0.3) is 15.9 Å². The van der Waals surface area contributed by atoms with Gasteiger partial charge >= 0.3 is 5.97 Å². The van der Waals surface area contributed by atoms with E-state index in [0.717, 1.165) is 44.1 Å². The summed E-state index contributed by atoms with van der Waals surface area (Å²) in [6.45, 7) is 10.3. The molecule has 0 aliphatic carbocycles. The maximum absolute atomic E-state index is 12.9. The quantitative estimate of drug-likeness (QED) is 0.424. The van der Waals surface area contributed by atoms with E-state index in [9.17, 15) is 9.59 Å². The summed E-state index contributed by atoms with van der Waals surface area (Å²) >= 11 is 1.23. The number of rotatable bonds is 6. The summed E-state index contributed by atoms with van der Waals surface area (Å²) in [6, 6.07) is 5.97. The van der Waals surface area contributed by atoms with Crippen molar-refractivity contribution in [3.05, 3.63) is 62.9 Å². The van der Waals surface area contributed by atoms with Crippen LogP contribution in [0, 0.1) is 6.92 Å². The predicted molar refractivity (Wildman–Crippen MR) is 131 cm³/mol. The molecule has 178 valence electrons. The maximum atomic E-state index is 12.9. The number of H-pyrrole nitrogens is 1. The molecule has 4 aromatic heterocycles. The average Bonchev–Trinajstić information content (AvgIpc) is 3.39. The van der Waals surface area contributed by atoms with Crippen LogP contribution in [0.15, 0.2) is 35.4 Å². The van der Waals surface area contributed by atoms with Gasteiger partial charge in [0.15, 0.2) is 0 Å². The van der Waals surface area contributed by atoms with Crippen molar-refractivity contribution in [2.24, 2.45) is 0 Å². The van der Waals surface area contributed by atoms with Crippen molar-refractivity contribution in [2.45, 2.75) is 33.4 Å². The Balaban J connectivity index is 1.28. The number of nitrogens with one attached hydrogen (secondary N) is 1. The topological polar surface area (TPSA) is 95.8 Å². The number of aromatic nitrogens is 4. The highest BCUT2D eigenvalue weighted by Gasteiger charge is 2.26. The first-order chi connectivity index (χ1) is 16.4. The second kappa shape index (κ2) is 9.28. The monoisotopic (exact) mass is 480 g/mol. The van der Waals surface area contributed by atoms with Crippen LogP contribution in [0.3, 0.4) is 0 Å². The summed E-state index contributed by atoms with van der Waals surface area (Å²) < 4.78 is 7.18. The van der Waals surface area contributed by atoms with Crippen LogP contribution in [0.2, 0.25) is 0 Å². The highest BCUT2D eigenvalue weighted by Crippen LogP contribution is 2.29. The van der Waals surface area contributed by atoms with Crippen molar-refractivity contribution >= 4 is 33.2 Å². The van der Waals surface area contributed by atoms with Crippen LogP contribution < -0.4 is 5.56 Å². The van der Waals surface area contributed by atoms with Gasteiger partial charge in [-0.05, 0) is 38.5 Å². The molecular weight excluding hydrogens is 452 g/mol. The summed E-state index contributed by atoms with van der Waals surface area (Å²) in [5, 5.41) is 0.473. The Bertz CT molecular complexity index is 1370. The molecule has 9 nitrogen and oxygen atoms in total. The number of piperazine rings is 1. The lowest BCUT2D eigenvalue weighted by atomic mass is 10.2. The van der Waals surface area contributed by atoms with Gasteiger partial charge in [-0.15, -0.1) is 11.3 Å². The molecule has 4 aromatic rings. The van der Waals surface area contributed by atoms with Gasteiger partial charge in [0.2, 0.25) is 0 Å². The molecule has 0 saturated carbocycles. The van der Waals surface area contributed by atoms with E-state index in [0.29, 0.717) is 33.1 Å². The standard InChI is InChI=1S/C24H28N6O3S/c1-4-33-24(32)20-15(2)19-22(31)26-21(27-23(19)34-20)16(3)29-11-9-28(10-12-29)13-17-14-30-8-6-5-7-18(30)25-17/h5-8,14,16H,4,9-13H2,1-3H3,(H,26,27,31)/t16-/m1/s1. The van der Waals surface area contributed by atoms with Gasteiger partial charge in [0, 0.05) is 45.1 Å². The number of aryl methyl sites for hydroxylation is 1. The average molecular weight is 481 g/mol. The number of carbonyl (C=O) groups excluding carboxylic acids is 1. The minimum Gasteiger partial charge on any atom is -0.462 e. The molecule has 1 aliphatic rings. The van der Waals surface area contributed by atoms with E-state index in [1.807, 2.05) is 28.8 Å². The summed E-state index contributed by atoms with van der Waals surface area (Å²) in [6.07, 6.45) is 4.10. The molecule has 5 rings (SSSR count). The first-order valence-electron chi connectivity index (χ1n) is 11.5. The zero-order valence-electron chi connectivity index (χ0n) is 19.6. The molecule has 1 fully saturated rings. The Hall–Kier alpha value is -3.08. The molecule has 0 amide bonds. The van der Waals surface area contributed by atoms with Gasteiger partial charge < -0.3 is 14.1 Å². The SMILES string of the molecule is CCOC(=O)c1sc2nc([C@@H](C)N3CCN(Cc4cn5ccccc5n4)CC3)[nH]c(=O)c2c1C. The molecule has 1 atom stereocenters. The van der Waals surface area contributed by atoms with E-state index in [4.69, 9.17) is 14.7 Å². The van der Waals surface area contributed by atoms with Crippen molar-refractivity contribution in [1.29, 1.82) is 0 Å². The number of aromatic amines is 1. The van der Waals surface area contributed by atoms with Gasteiger partial charge in [-0.25, -0.2) is 14.8 Å². The number of fused-ring (bicyclic) bond motifs is 2. The molecule has 0 aromatic carbocycles. The first-order valence-corrected chi connectivity index (χ1v) is 12.4. The number of pyridine rings is 1. The number of imidazole rings is 1. The fourth-order valence-corrected chi connectivity index (χ4v) is 5.61.